The molecule has 1 fully saturated rings. The first kappa shape index (κ1) is 16.0. The molecule has 0 radical (unpaired) electrons. The van der Waals surface area contributed by atoms with Crippen molar-refractivity contribution in [1.82, 2.24) is 24.1 Å². The number of hydrogen-bond acceptors (Lipinski definition) is 7. The molecular weight excluding hydrogens is 318 g/mol. The molecule has 0 unspecified atom stereocenters. The number of esters is 1. The number of nitrogens with zero attached hydrogens (tertiary/aromatic N) is 5. The zero-order chi connectivity index (χ0) is 16.7. The van der Waals surface area contributed by atoms with Crippen molar-refractivity contribution in [2.45, 2.75) is 39.1 Å². The highest BCUT2D eigenvalue weighted by Gasteiger charge is 2.37. The van der Waals surface area contributed by atoms with Crippen LogP contribution in [-0.2, 0) is 16.2 Å². The summed E-state index contributed by atoms with van der Waals surface area (Å²) in [5.74, 6) is 0.170. The first-order valence-corrected chi connectivity index (χ1v) is 7.75. The smallest absolute Gasteiger partial charge is 0.323 e. The third-order valence-corrected chi connectivity index (χ3v) is 4.43. The van der Waals surface area contributed by atoms with Gasteiger partial charge in [0.05, 0.1) is 19.9 Å². The van der Waals surface area contributed by atoms with Crippen molar-refractivity contribution in [3.05, 3.63) is 22.2 Å². The molecule has 1 N–H and O–H groups in total. The Morgan fingerprint density at radius 1 is 1.52 bits per heavy atom. The highest BCUT2D eigenvalue weighted by atomic mass is 32.1. The molecule has 1 aliphatic heterocycles. The highest BCUT2D eigenvalue weighted by molar-refractivity contribution is 7.71. The number of aliphatic hydroxyl groups excluding tert-OH is 1. The minimum atomic E-state index is -0.563. The fraction of sp³-hybridized carbons (Fsp3) is 0.571. The Morgan fingerprint density at radius 2 is 2.26 bits per heavy atom. The van der Waals surface area contributed by atoms with Gasteiger partial charge >= 0.3 is 5.97 Å². The first-order valence-electron chi connectivity index (χ1n) is 7.34. The lowest BCUT2D eigenvalue weighted by Crippen LogP contribution is -2.38. The SMILES string of the molecule is COC(=O)[C@@H]1C[C@@H](O)CN1Cn1nc2nc(C)cc(C)n2c1=S. The Labute approximate surface area is 138 Å². The van der Waals surface area contributed by atoms with Gasteiger partial charge in [-0.1, -0.05) is 0 Å². The van der Waals surface area contributed by atoms with Crippen LogP contribution < -0.4 is 0 Å². The molecule has 3 heterocycles. The number of methoxy groups -OCH3 is 1. The Morgan fingerprint density at radius 3 is 2.96 bits per heavy atom. The van der Waals surface area contributed by atoms with Crippen LogP contribution >= 0.6 is 12.2 Å². The summed E-state index contributed by atoms with van der Waals surface area (Å²) in [5, 5.41) is 14.3. The second-order valence-electron chi connectivity index (χ2n) is 5.80. The van der Waals surface area contributed by atoms with E-state index in [2.05, 4.69) is 10.1 Å². The second-order valence-corrected chi connectivity index (χ2v) is 6.16. The van der Waals surface area contributed by atoms with Crippen molar-refractivity contribution < 1.29 is 14.6 Å². The van der Waals surface area contributed by atoms with Gasteiger partial charge in [0.25, 0.3) is 5.78 Å². The van der Waals surface area contributed by atoms with Crippen LogP contribution in [0.2, 0.25) is 0 Å². The van der Waals surface area contributed by atoms with Crippen LogP contribution in [0.5, 0.6) is 0 Å². The molecule has 0 aliphatic carbocycles. The van der Waals surface area contributed by atoms with E-state index in [4.69, 9.17) is 17.0 Å². The van der Waals surface area contributed by atoms with Crippen LogP contribution in [0, 0.1) is 18.6 Å². The highest BCUT2D eigenvalue weighted by Crippen LogP contribution is 2.20. The van der Waals surface area contributed by atoms with Crippen molar-refractivity contribution >= 4 is 24.0 Å². The number of aliphatic hydroxyl groups is 1. The lowest BCUT2D eigenvalue weighted by atomic mass is 10.2. The maximum absolute atomic E-state index is 11.9. The summed E-state index contributed by atoms with van der Waals surface area (Å²) in [6.45, 7) is 4.53. The topological polar surface area (TPSA) is 84.9 Å². The summed E-state index contributed by atoms with van der Waals surface area (Å²) in [6.07, 6.45) is -0.212. The maximum atomic E-state index is 11.9. The van der Waals surface area contributed by atoms with Gasteiger partial charge in [0, 0.05) is 24.4 Å². The number of likely N-dealkylation sites (tertiary alicyclic amines) is 1. The molecule has 8 nitrogen and oxygen atoms in total. The summed E-state index contributed by atoms with van der Waals surface area (Å²) in [6, 6.07) is 1.45. The number of β-amino-alcohol motifs (C(OH)–C–C–N with tert-alkyl or cyclic N) is 1. The van der Waals surface area contributed by atoms with Gasteiger partial charge in [-0.05, 0) is 32.1 Å². The van der Waals surface area contributed by atoms with Crippen molar-refractivity contribution in [3.8, 4) is 0 Å². The van der Waals surface area contributed by atoms with E-state index in [9.17, 15) is 9.90 Å². The van der Waals surface area contributed by atoms with Crippen LogP contribution in [0.15, 0.2) is 6.07 Å². The fourth-order valence-electron chi connectivity index (χ4n) is 3.02. The van der Waals surface area contributed by atoms with Crippen LogP contribution in [0.25, 0.3) is 5.78 Å². The molecule has 9 heteroatoms. The molecule has 3 rings (SSSR count). The number of ether oxygens (including phenoxy) is 1. The minimum Gasteiger partial charge on any atom is -0.468 e. The standard InChI is InChI=1S/C14H19N5O3S/c1-8-4-9(2)19-13(15-8)16-18(14(19)23)7-17-6-10(20)5-11(17)12(21)22-3/h4,10-11,20H,5-7H2,1-3H3/t10-,11+/m1/s1. The van der Waals surface area contributed by atoms with Crippen molar-refractivity contribution in [3.63, 3.8) is 0 Å². The maximum Gasteiger partial charge on any atom is 0.323 e. The minimum absolute atomic E-state index is 0.303. The van der Waals surface area contributed by atoms with Crippen molar-refractivity contribution in [2.75, 3.05) is 13.7 Å². The van der Waals surface area contributed by atoms with Gasteiger partial charge in [-0.3, -0.25) is 14.1 Å². The zero-order valence-electron chi connectivity index (χ0n) is 13.3. The molecule has 2 atom stereocenters. The summed E-state index contributed by atoms with van der Waals surface area (Å²) >= 11 is 5.47. The van der Waals surface area contributed by atoms with E-state index in [0.29, 0.717) is 30.2 Å². The van der Waals surface area contributed by atoms with E-state index < -0.39 is 12.1 Å². The van der Waals surface area contributed by atoms with Crippen LogP contribution in [0.1, 0.15) is 17.8 Å². The van der Waals surface area contributed by atoms with E-state index >= 15 is 0 Å². The number of rotatable bonds is 3. The molecule has 1 aliphatic rings. The molecule has 0 aromatic carbocycles. The Kier molecular flexibility index (Phi) is 4.17. The van der Waals surface area contributed by atoms with Gasteiger partial charge in [-0.2, -0.15) is 0 Å². The van der Waals surface area contributed by atoms with Gasteiger partial charge in [0.2, 0.25) is 4.77 Å². The number of hydrogen-bond donors (Lipinski definition) is 1. The molecule has 2 aromatic rings. The summed E-state index contributed by atoms with van der Waals surface area (Å²) in [5.41, 5.74) is 1.82. The van der Waals surface area contributed by atoms with Gasteiger partial charge in [-0.15, -0.1) is 5.10 Å². The van der Waals surface area contributed by atoms with Gasteiger partial charge < -0.3 is 9.84 Å². The number of aromatic nitrogens is 4. The molecular formula is C14H19N5O3S. The predicted molar refractivity (Wildman–Crippen MR) is 84.4 cm³/mol. The molecule has 0 amide bonds. The zero-order valence-corrected chi connectivity index (χ0v) is 14.1. The number of carbonyl (C=O) groups excluding carboxylic acids is 1. The molecule has 1 saturated heterocycles. The van der Waals surface area contributed by atoms with Gasteiger partial charge in [0.1, 0.15) is 6.04 Å². The van der Waals surface area contributed by atoms with Crippen LogP contribution in [-0.4, -0.2) is 60.9 Å². The fourth-order valence-corrected chi connectivity index (χ4v) is 3.34. The lowest BCUT2D eigenvalue weighted by Gasteiger charge is -2.21. The molecule has 0 saturated carbocycles. The average molecular weight is 337 g/mol. The molecule has 124 valence electrons. The lowest BCUT2D eigenvalue weighted by molar-refractivity contribution is -0.146. The Hall–Kier alpha value is -1.84. The average Bonchev–Trinajstić information content (AvgIpc) is 2.99. The predicted octanol–water partition coefficient (Wildman–Crippen LogP) is 0.443. The third kappa shape index (κ3) is 2.87. The summed E-state index contributed by atoms with van der Waals surface area (Å²) in [7, 11) is 1.35. The van der Waals surface area contributed by atoms with E-state index in [-0.39, 0.29) is 5.97 Å². The Bertz CT molecular complexity index is 815. The summed E-state index contributed by atoms with van der Waals surface area (Å²) in [4.78, 5) is 18.1. The molecule has 0 spiro atoms. The first-order chi connectivity index (χ1) is 10.9. The quantitative estimate of drug-likeness (QED) is 0.643. The van der Waals surface area contributed by atoms with Crippen LogP contribution in [0.4, 0.5) is 0 Å². The van der Waals surface area contributed by atoms with Crippen LogP contribution in [0.3, 0.4) is 0 Å². The van der Waals surface area contributed by atoms with E-state index in [1.165, 1.54) is 7.11 Å². The van der Waals surface area contributed by atoms with Gasteiger partial charge in [0.15, 0.2) is 0 Å². The number of fused-ring (bicyclic) bond motifs is 1. The van der Waals surface area contributed by atoms with Gasteiger partial charge in [-0.25, -0.2) is 9.67 Å². The normalized spacial score (nSPS) is 21.9. The molecule has 23 heavy (non-hydrogen) atoms. The molecule has 0 bridgehead atoms. The number of aryl methyl sites for hydroxylation is 2. The second kappa shape index (κ2) is 5.99. The monoisotopic (exact) mass is 337 g/mol. The van der Waals surface area contributed by atoms with Crippen molar-refractivity contribution in [2.24, 2.45) is 0 Å². The number of carbonyl (C=O) groups is 1. The van der Waals surface area contributed by atoms with E-state index in [1.807, 2.05) is 24.8 Å². The molecule has 2 aromatic heterocycles. The summed E-state index contributed by atoms with van der Waals surface area (Å²) < 4.78 is 8.74. The van der Waals surface area contributed by atoms with E-state index in [0.717, 1.165) is 11.4 Å². The Balaban J connectivity index is 1.95. The third-order valence-electron chi connectivity index (χ3n) is 4.04. The van der Waals surface area contributed by atoms with Crippen molar-refractivity contribution in [1.29, 1.82) is 0 Å². The largest absolute Gasteiger partial charge is 0.468 e. The van der Waals surface area contributed by atoms with E-state index in [1.54, 1.807) is 9.08 Å².